The first-order chi connectivity index (χ1) is 8.77. The smallest absolute Gasteiger partial charge is 0.341 e. The largest absolute Gasteiger partial charge is 0.381 e. The molecule has 0 saturated carbocycles. The maximum Gasteiger partial charge on any atom is 0.341 e. The highest BCUT2D eigenvalue weighted by Gasteiger charge is 2.19. The second-order valence-electron chi connectivity index (χ2n) is 4.43. The molecule has 1 aliphatic heterocycles. The Morgan fingerprint density at radius 1 is 1.28 bits per heavy atom. The summed E-state index contributed by atoms with van der Waals surface area (Å²) >= 11 is 3.22. The molecule has 1 saturated heterocycles. The van der Waals surface area contributed by atoms with Crippen LogP contribution in [0.1, 0.15) is 12.8 Å². The van der Waals surface area contributed by atoms with Crippen LogP contribution in [0, 0.1) is 5.92 Å². The number of fused-ring (bicyclic) bond motifs is 1. The molecule has 2 aromatic heterocycles. The number of nitrogens with zero attached hydrogens (tertiary/aromatic N) is 4. The predicted octanol–water partition coefficient (Wildman–Crippen LogP) is 1.18. The Hall–Kier alpha value is -1.21. The van der Waals surface area contributed by atoms with E-state index in [1.54, 1.807) is 17.0 Å². The Morgan fingerprint density at radius 3 is 2.67 bits per heavy atom. The summed E-state index contributed by atoms with van der Waals surface area (Å²) in [6.45, 7) is 2.23. The lowest BCUT2D eigenvalue weighted by atomic mass is 10.0. The van der Waals surface area contributed by atoms with Crippen molar-refractivity contribution in [2.24, 2.45) is 5.92 Å². The molecule has 6 nitrogen and oxygen atoms in total. The molecule has 18 heavy (non-hydrogen) atoms. The Kier molecular flexibility index (Phi) is 3.17. The van der Waals surface area contributed by atoms with Gasteiger partial charge < -0.3 is 4.74 Å². The van der Waals surface area contributed by atoms with Crippen LogP contribution in [-0.2, 0) is 11.3 Å². The van der Waals surface area contributed by atoms with Gasteiger partial charge in [-0.15, -0.1) is 0 Å². The van der Waals surface area contributed by atoms with E-state index in [0.717, 1.165) is 26.1 Å². The van der Waals surface area contributed by atoms with Gasteiger partial charge in [0.1, 0.15) is 0 Å². The first kappa shape index (κ1) is 11.9. The molecule has 3 rings (SSSR count). The molecule has 0 atom stereocenters. The van der Waals surface area contributed by atoms with Crippen molar-refractivity contribution in [1.29, 1.82) is 0 Å². The van der Waals surface area contributed by atoms with Gasteiger partial charge in [-0.2, -0.15) is 0 Å². The van der Waals surface area contributed by atoms with Gasteiger partial charge in [-0.3, -0.25) is 4.57 Å². The van der Waals surface area contributed by atoms with Crippen molar-refractivity contribution >= 4 is 27.4 Å². The van der Waals surface area contributed by atoms with Crippen molar-refractivity contribution in [2.45, 2.75) is 19.4 Å². The average molecular weight is 313 g/mol. The van der Waals surface area contributed by atoms with Gasteiger partial charge in [0.25, 0.3) is 0 Å². The number of halogens is 1. The minimum atomic E-state index is -0.123. The van der Waals surface area contributed by atoms with E-state index in [0.29, 0.717) is 23.8 Å². The molecule has 0 bridgehead atoms. The van der Waals surface area contributed by atoms with Gasteiger partial charge in [0, 0.05) is 32.2 Å². The predicted molar refractivity (Wildman–Crippen MR) is 69.7 cm³/mol. The van der Waals surface area contributed by atoms with E-state index in [2.05, 4.69) is 26.1 Å². The van der Waals surface area contributed by atoms with Crippen LogP contribution in [0.2, 0.25) is 0 Å². The van der Waals surface area contributed by atoms with Gasteiger partial charge >= 0.3 is 5.69 Å². The standard InChI is InChI=1S/C11H13BrN4O2/c12-16-10-9(13-3-4-14-10)15(11(16)17)7-8-1-5-18-6-2-8/h3-4,8H,1-2,5-7H2. The number of hydrogen-bond acceptors (Lipinski definition) is 4. The molecule has 0 N–H and O–H groups in total. The number of rotatable bonds is 2. The number of ether oxygens (including phenoxy) is 1. The van der Waals surface area contributed by atoms with Gasteiger partial charge in [0.2, 0.25) is 0 Å². The summed E-state index contributed by atoms with van der Waals surface area (Å²) in [5.74, 6) is 0.469. The van der Waals surface area contributed by atoms with Crippen LogP contribution < -0.4 is 5.69 Å². The number of imidazole rings is 1. The Balaban J connectivity index is 2.00. The zero-order valence-electron chi connectivity index (χ0n) is 9.75. The molecule has 0 aliphatic carbocycles. The molecule has 7 heteroatoms. The van der Waals surface area contributed by atoms with E-state index in [1.165, 1.54) is 3.59 Å². The number of hydrogen-bond donors (Lipinski definition) is 0. The Morgan fingerprint density at radius 2 is 1.94 bits per heavy atom. The van der Waals surface area contributed by atoms with E-state index >= 15 is 0 Å². The summed E-state index contributed by atoms with van der Waals surface area (Å²) < 4.78 is 8.39. The van der Waals surface area contributed by atoms with Gasteiger partial charge in [-0.05, 0) is 18.8 Å². The fourth-order valence-electron chi connectivity index (χ4n) is 2.29. The van der Waals surface area contributed by atoms with E-state index in [1.807, 2.05) is 0 Å². The zero-order valence-corrected chi connectivity index (χ0v) is 11.3. The molecule has 3 heterocycles. The molecule has 1 fully saturated rings. The van der Waals surface area contributed by atoms with Crippen molar-refractivity contribution < 1.29 is 4.74 Å². The zero-order chi connectivity index (χ0) is 12.5. The van der Waals surface area contributed by atoms with E-state index in [9.17, 15) is 4.79 Å². The van der Waals surface area contributed by atoms with Crippen LogP contribution in [0.25, 0.3) is 11.3 Å². The summed E-state index contributed by atoms with van der Waals surface area (Å²) in [6.07, 6.45) is 5.16. The van der Waals surface area contributed by atoms with E-state index < -0.39 is 0 Å². The summed E-state index contributed by atoms with van der Waals surface area (Å²) in [5.41, 5.74) is 1.07. The van der Waals surface area contributed by atoms with E-state index in [4.69, 9.17) is 4.74 Å². The third-order valence-corrected chi connectivity index (χ3v) is 3.92. The molecule has 0 spiro atoms. The van der Waals surface area contributed by atoms with Crippen LogP contribution in [0.15, 0.2) is 17.2 Å². The van der Waals surface area contributed by atoms with Crippen molar-refractivity contribution in [3.63, 3.8) is 0 Å². The van der Waals surface area contributed by atoms with Crippen LogP contribution in [0.4, 0.5) is 0 Å². The molecule has 0 radical (unpaired) electrons. The maximum atomic E-state index is 12.1. The lowest BCUT2D eigenvalue weighted by molar-refractivity contribution is 0.0613. The number of aromatic nitrogens is 4. The lowest BCUT2D eigenvalue weighted by Gasteiger charge is -2.21. The third kappa shape index (κ3) is 1.97. The third-order valence-electron chi connectivity index (χ3n) is 3.28. The highest BCUT2D eigenvalue weighted by atomic mass is 79.9. The van der Waals surface area contributed by atoms with Crippen molar-refractivity contribution in [3.8, 4) is 0 Å². The molecular formula is C11H13BrN4O2. The van der Waals surface area contributed by atoms with Crippen molar-refractivity contribution in [3.05, 3.63) is 22.9 Å². The summed E-state index contributed by atoms with van der Waals surface area (Å²) in [6, 6.07) is 0. The highest BCUT2D eigenvalue weighted by Crippen LogP contribution is 2.18. The molecular weight excluding hydrogens is 300 g/mol. The second-order valence-corrected chi connectivity index (χ2v) is 5.14. The monoisotopic (exact) mass is 312 g/mol. The second kappa shape index (κ2) is 4.81. The minimum absolute atomic E-state index is 0.123. The van der Waals surface area contributed by atoms with Gasteiger partial charge in [0.15, 0.2) is 11.3 Å². The van der Waals surface area contributed by atoms with Crippen LogP contribution in [-0.4, -0.2) is 31.3 Å². The van der Waals surface area contributed by atoms with E-state index in [-0.39, 0.29) is 5.69 Å². The lowest BCUT2D eigenvalue weighted by Crippen LogP contribution is -2.27. The molecule has 2 aromatic rings. The normalized spacial score (nSPS) is 17.4. The van der Waals surface area contributed by atoms with Crippen LogP contribution in [0.5, 0.6) is 0 Å². The quantitative estimate of drug-likeness (QED) is 0.835. The van der Waals surface area contributed by atoms with Crippen molar-refractivity contribution in [1.82, 2.24) is 18.1 Å². The van der Waals surface area contributed by atoms with Crippen LogP contribution >= 0.6 is 16.1 Å². The summed E-state index contributed by atoms with van der Waals surface area (Å²) in [5, 5.41) is 0. The first-order valence-corrected chi connectivity index (χ1v) is 6.64. The topological polar surface area (TPSA) is 61.9 Å². The first-order valence-electron chi connectivity index (χ1n) is 5.93. The van der Waals surface area contributed by atoms with Gasteiger partial charge in [0.05, 0.1) is 16.1 Å². The van der Waals surface area contributed by atoms with Crippen LogP contribution in [0.3, 0.4) is 0 Å². The van der Waals surface area contributed by atoms with Gasteiger partial charge in [-0.25, -0.2) is 18.4 Å². The molecule has 0 amide bonds. The molecule has 0 unspecified atom stereocenters. The fraction of sp³-hybridized carbons (Fsp3) is 0.545. The molecule has 96 valence electrons. The van der Waals surface area contributed by atoms with Gasteiger partial charge in [-0.1, -0.05) is 0 Å². The Labute approximate surface area is 112 Å². The maximum absolute atomic E-state index is 12.1. The summed E-state index contributed by atoms with van der Waals surface area (Å²) in [4.78, 5) is 20.5. The summed E-state index contributed by atoms with van der Waals surface area (Å²) in [7, 11) is 0. The fourth-order valence-corrected chi connectivity index (χ4v) is 2.73. The molecule has 1 aliphatic rings. The highest BCUT2D eigenvalue weighted by molar-refractivity contribution is 9.08. The SMILES string of the molecule is O=c1n(Br)c2nccnc2n1CC1CCOCC1. The van der Waals surface area contributed by atoms with Crippen molar-refractivity contribution in [2.75, 3.05) is 13.2 Å². The average Bonchev–Trinajstić information content (AvgIpc) is 2.66. The minimum Gasteiger partial charge on any atom is -0.381 e. The Bertz CT molecular complexity index is 615. The molecule has 0 aromatic carbocycles.